The largest absolute Gasteiger partial charge is 0.477 e. The minimum absolute atomic E-state index is 0. The Hall–Kier alpha value is -1.13. The van der Waals surface area contributed by atoms with Gasteiger partial charge in [-0.05, 0) is 31.2 Å². The molecule has 3 rings (SSSR count). The maximum atomic E-state index is 5.67. The highest BCUT2D eigenvalue weighted by Crippen LogP contribution is 2.29. The maximum Gasteiger partial charge on any atom is 0.213 e. The number of aromatic nitrogens is 1. The van der Waals surface area contributed by atoms with Crippen LogP contribution < -0.4 is 15.4 Å². The summed E-state index contributed by atoms with van der Waals surface area (Å²) < 4.78 is 11.1. The van der Waals surface area contributed by atoms with Crippen molar-refractivity contribution in [3.05, 3.63) is 23.9 Å². The highest BCUT2D eigenvalue weighted by Gasteiger charge is 2.22. The summed E-state index contributed by atoms with van der Waals surface area (Å²) in [6.45, 7) is 9.88. The van der Waals surface area contributed by atoms with Crippen molar-refractivity contribution < 1.29 is 9.47 Å². The number of nitrogens with one attached hydrogen (secondary N) is 2. The summed E-state index contributed by atoms with van der Waals surface area (Å²) in [5.74, 6) is 2.29. The number of rotatable bonds is 9. The molecule has 152 valence electrons. The summed E-state index contributed by atoms with van der Waals surface area (Å²) in [6, 6.07) is 3.97. The van der Waals surface area contributed by atoms with Crippen LogP contribution in [0.5, 0.6) is 5.88 Å². The molecule has 1 aliphatic carbocycles. The summed E-state index contributed by atoms with van der Waals surface area (Å²) in [4.78, 5) is 11.4. The number of ether oxygens (including phenoxy) is 2. The molecule has 0 atom stereocenters. The van der Waals surface area contributed by atoms with Gasteiger partial charge in [0.1, 0.15) is 0 Å². The van der Waals surface area contributed by atoms with Crippen LogP contribution in [0.2, 0.25) is 0 Å². The predicted molar refractivity (Wildman–Crippen MR) is 118 cm³/mol. The third-order valence-corrected chi connectivity index (χ3v) is 4.55. The summed E-state index contributed by atoms with van der Waals surface area (Å²) in [5.41, 5.74) is 1.08. The highest BCUT2D eigenvalue weighted by molar-refractivity contribution is 14.0. The number of morpholine rings is 1. The molecule has 0 unspecified atom stereocenters. The van der Waals surface area contributed by atoms with Gasteiger partial charge in [-0.25, -0.2) is 9.98 Å². The van der Waals surface area contributed by atoms with E-state index in [0.29, 0.717) is 12.4 Å². The van der Waals surface area contributed by atoms with E-state index in [4.69, 9.17) is 9.47 Å². The molecule has 0 amide bonds. The molecule has 0 aromatic carbocycles. The van der Waals surface area contributed by atoms with Crippen molar-refractivity contribution in [2.75, 3.05) is 52.5 Å². The number of halogens is 1. The Morgan fingerprint density at radius 1 is 1.30 bits per heavy atom. The van der Waals surface area contributed by atoms with E-state index in [9.17, 15) is 0 Å². The van der Waals surface area contributed by atoms with Crippen molar-refractivity contribution in [2.45, 2.75) is 26.3 Å². The lowest BCUT2D eigenvalue weighted by molar-refractivity contribution is 0.0389. The molecule has 0 radical (unpaired) electrons. The molecule has 0 bridgehead atoms. The summed E-state index contributed by atoms with van der Waals surface area (Å²) >= 11 is 0. The monoisotopic (exact) mass is 489 g/mol. The van der Waals surface area contributed by atoms with Crippen LogP contribution in [0.1, 0.15) is 25.3 Å². The van der Waals surface area contributed by atoms with Crippen molar-refractivity contribution in [1.29, 1.82) is 0 Å². The predicted octanol–water partition coefficient (Wildman–Crippen LogP) is 1.88. The van der Waals surface area contributed by atoms with Crippen molar-refractivity contribution in [3.63, 3.8) is 0 Å². The van der Waals surface area contributed by atoms with Crippen LogP contribution in [0.4, 0.5) is 0 Å². The molecule has 2 N–H and O–H groups in total. The Kier molecular flexibility index (Phi) is 10.1. The van der Waals surface area contributed by atoms with E-state index in [1.807, 2.05) is 18.3 Å². The molecule has 7 nitrogen and oxygen atoms in total. The van der Waals surface area contributed by atoms with E-state index in [1.165, 1.54) is 12.8 Å². The molecule has 2 aliphatic rings. The average molecular weight is 489 g/mol. The van der Waals surface area contributed by atoms with E-state index in [0.717, 1.165) is 70.0 Å². The second kappa shape index (κ2) is 12.4. The van der Waals surface area contributed by atoms with Crippen LogP contribution in [0, 0.1) is 5.92 Å². The van der Waals surface area contributed by atoms with Crippen LogP contribution >= 0.6 is 24.0 Å². The molecule has 0 spiro atoms. The van der Waals surface area contributed by atoms with Crippen molar-refractivity contribution in [2.24, 2.45) is 10.9 Å². The van der Waals surface area contributed by atoms with Crippen LogP contribution in [-0.4, -0.2) is 68.4 Å². The fourth-order valence-electron chi connectivity index (χ4n) is 2.75. The van der Waals surface area contributed by atoms with Crippen LogP contribution in [0.25, 0.3) is 0 Å². The Bertz CT molecular complexity index is 560. The molecule has 27 heavy (non-hydrogen) atoms. The fourth-order valence-corrected chi connectivity index (χ4v) is 2.75. The Morgan fingerprint density at radius 3 is 2.78 bits per heavy atom. The first-order valence-corrected chi connectivity index (χ1v) is 9.73. The van der Waals surface area contributed by atoms with Crippen molar-refractivity contribution in [3.8, 4) is 5.88 Å². The number of pyridine rings is 1. The van der Waals surface area contributed by atoms with Gasteiger partial charge >= 0.3 is 0 Å². The zero-order chi connectivity index (χ0) is 18.0. The van der Waals surface area contributed by atoms with Gasteiger partial charge in [-0.2, -0.15) is 0 Å². The molecule has 8 heteroatoms. The first kappa shape index (κ1) is 22.2. The number of aliphatic imine (C=N–C) groups is 1. The smallest absolute Gasteiger partial charge is 0.213 e. The topological polar surface area (TPSA) is 71.0 Å². The molecule has 1 aromatic rings. The van der Waals surface area contributed by atoms with Gasteiger partial charge in [0.25, 0.3) is 0 Å². The molecular formula is C19H32IN5O2. The van der Waals surface area contributed by atoms with Gasteiger partial charge in [0.2, 0.25) is 5.88 Å². The number of hydrogen-bond acceptors (Lipinski definition) is 5. The second-order valence-corrected chi connectivity index (χ2v) is 6.84. The maximum absolute atomic E-state index is 5.67. The van der Waals surface area contributed by atoms with Gasteiger partial charge in [-0.3, -0.25) is 4.90 Å². The fraction of sp³-hybridized carbons (Fsp3) is 0.684. The van der Waals surface area contributed by atoms with Crippen LogP contribution in [-0.2, 0) is 11.3 Å². The normalized spacial score (nSPS) is 17.9. The van der Waals surface area contributed by atoms with E-state index in [1.54, 1.807) is 0 Å². The minimum Gasteiger partial charge on any atom is -0.477 e. The lowest BCUT2D eigenvalue weighted by atomic mass is 10.3. The molecule has 1 aliphatic heterocycles. The van der Waals surface area contributed by atoms with Crippen molar-refractivity contribution >= 4 is 29.9 Å². The van der Waals surface area contributed by atoms with Crippen LogP contribution in [0.3, 0.4) is 0 Å². The summed E-state index contributed by atoms with van der Waals surface area (Å²) in [5, 5.41) is 6.69. The zero-order valence-electron chi connectivity index (χ0n) is 16.2. The third kappa shape index (κ3) is 8.61. The second-order valence-electron chi connectivity index (χ2n) is 6.84. The van der Waals surface area contributed by atoms with Crippen molar-refractivity contribution in [1.82, 2.24) is 20.5 Å². The van der Waals surface area contributed by atoms with Gasteiger partial charge in [-0.15, -0.1) is 24.0 Å². The Balaban J connectivity index is 0.00000261. The molecule has 2 heterocycles. The van der Waals surface area contributed by atoms with E-state index in [-0.39, 0.29) is 24.0 Å². The first-order valence-electron chi connectivity index (χ1n) is 9.73. The lowest BCUT2D eigenvalue weighted by Crippen LogP contribution is -2.44. The van der Waals surface area contributed by atoms with E-state index < -0.39 is 0 Å². The van der Waals surface area contributed by atoms with Crippen LogP contribution in [0.15, 0.2) is 23.3 Å². The molecule has 1 aromatic heterocycles. The standard InChI is InChI=1S/C19H31N5O2.HI/c1-2-20-19(21-7-8-24-9-11-25-12-10-24)23-14-17-5-6-18(22-13-17)26-15-16-3-4-16;/h5-6,13,16H,2-4,7-12,14-15H2,1H3,(H2,20,21,23);1H. The SMILES string of the molecule is CCNC(=NCc1ccc(OCC2CC2)nc1)NCCN1CCOCC1.I. The average Bonchev–Trinajstić information content (AvgIpc) is 3.51. The third-order valence-electron chi connectivity index (χ3n) is 4.55. The Morgan fingerprint density at radius 2 is 2.11 bits per heavy atom. The highest BCUT2D eigenvalue weighted by atomic mass is 127. The minimum atomic E-state index is 0. The summed E-state index contributed by atoms with van der Waals surface area (Å²) in [6.07, 6.45) is 4.43. The molecular weight excluding hydrogens is 457 g/mol. The molecule has 1 saturated heterocycles. The number of guanidine groups is 1. The molecule has 2 fully saturated rings. The molecule has 1 saturated carbocycles. The number of hydrogen-bond donors (Lipinski definition) is 2. The van der Waals surface area contributed by atoms with E-state index >= 15 is 0 Å². The first-order chi connectivity index (χ1) is 12.8. The quantitative estimate of drug-likeness (QED) is 0.314. The van der Waals surface area contributed by atoms with Gasteiger partial charge in [-0.1, -0.05) is 6.07 Å². The Labute approximate surface area is 179 Å². The van der Waals surface area contributed by atoms with E-state index in [2.05, 4.69) is 32.4 Å². The zero-order valence-corrected chi connectivity index (χ0v) is 18.5. The van der Waals surface area contributed by atoms with Gasteiger partial charge < -0.3 is 20.1 Å². The van der Waals surface area contributed by atoms with Gasteiger partial charge in [0, 0.05) is 45.0 Å². The summed E-state index contributed by atoms with van der Waals surface area (Å²) in [7, 11) is 0. The number of nitrogens with zero attached hydrogens (tertiary/aromatic N) is 3. The lowest BCUT2D eigenvalue weighted by Gasteiger charge is -2.26. The van der Waals surface area contributed by atoms with Gasteiger partial charge in [0.05, 0.1) is 26.4 Å². The van der Waals surface area contributed by atoms with Gasteiger partial charge in [0.15, 0.2) is 5.96 Å².